The van der Waals surface area contributed by atoms with Gasteiger partial charge in [0, 0.05) is 17.3 Å². The lowest BCUT2D eigenvalue weighted by Gasteiger charge is -2.56. The van der Waals surface area contributed by atoms with Gasteiger partial charge in [-0.2, -0.15) is 0 Å². The van der Waals surface area contributed by atoms with Crippen LogP contribution in [0.15, 0.2) is 11.6 Å². The number of hydrogen-bond donors (Lipinski definition) is 1. The molecule has 0 unspecified atom stereocenters. The van der Waals surface area contributed by atoms with Gasteiger partial charge >= 0.3 is 5.97 Å². The monoisotopic (exact) mass is 462 g/mol. The van der Waals surface area contributed by atoms with Crippen LogP contribution in [0.1, 0.15) is 74.1 Å². The number of Topliss-reactive ketones (excluding diaryl/α,β-unsaturated/α-hetero) is 1. The molecule has 4 rings (SSSR count). The molecule has 1 N–H and O–H groups in total. The van der Waals surface area contributed by atoms with Gasteiger partial charge in [0.15, 0.2) is 14.1 Å². The Morgan fingerprint density at radius 3 is 2.41 bits per heavy atom. The largest absolute Gasteiger partial charge is 0.481 e. The molecular weight excluding hydrogens is 420 g/mol. The predicted molar refractivity (Wildman–Crippen MR) is 127 cm³/mol. The highest BCUT2D eigenvalue weighted by Gasteiger charge is 2.76. The van der Waals surface area contributed by atoms with E-state index in [9.17, 15) is 14.7 Å². The van der Waals surface area contributed by atoms with Crippen molar-refractivity contribution in [1.82, 2.24) is 0 Å². The standard InChI is InChI=1S/C26H42O5Si/c1-15-10-11-16-21(27)26-17(22(28)29)12-13-19(31-32(8,9)23(2,3)4)25(26,7)14-18(30-26)20(15)24(16,5)6/h10,16-20H,11-14H2,1-9H3,(H,28,29)/t16-,17+,18-,19-,20+,25+,26+/m0/s1. The molecule has 0 aromatic carbocycles. The van der Waals surface area contributed by atoms with Crippen LogP contribution in [0.25, 0.3) is 0 Å². The molecule has 3 fully saturated rings. The minimum Gasteiger partial charge on any atom is -0.481 e. The third kappa shape index (κ3) is 2.94. The lowest BCUT2D eigenvalue weighted by molar-refractivity contribution is -0.198. The number of allylic oxidation sites excluding steroid dienone is 1. The van der Waals surface area contributed by atoms with Gasteiger partial charge in [-0.3, -0.25) is 9.59 Å². The summed E-state index contributed by atoms with van der Waals surface area (Å²) in [4.78, 5) is 27.0. The van der Waals surface area contributed by atoms with Crippen LogP contribution in [0.5, 0.6) is 0 Å². The Bertz CT molecular complexity index is 868. The summed E-state index contributed by atoms with van der Waals surface area (Å²) >= 11 is 0. The predicted octanol–water partition coefficient (Wildman–Crippen LogP) is 5.60. The van der Waals surface area contributed by atoms with Crippen LogP contribution >= 0.6 is 0 Å². The molecule has 5 nitrogen and oxygen atoms in total. The number of carbonyl (C=O) groups excluding carboxylic acids is 1. The van der Waals surface area contributed by atoms with Crippen LogP contribution in [0, 0.1) is 28.6 Å². The molecule has 2 aliphatic heterocycles. The first-order valence-electron chi connectivity index (χ1n) is 12.3. The van der Waals surface area contributed by atoms with E-state index in [1.165, 1.54) is 5.57 Å². The Hall–Kier alpha value is -0.983. The third-order valence-corrected chi connectivity index (χ3v) is 14.7. The minimum atomic E-state index is -2.13. The first-order valence-corrected chi connectivity index (χ1v) is 15.2. The van der Waals surface area contributed by atoms with Crippen LogP contribution in [-0.2, 0) is 18.8 Å². The first kappa shape index (κ1) is 24.2. The van der Waals surface area contributed by atoms with Gasteiger partial charge in [0.05, 0.1) is 18.1 Å². The normalized spacial score (nSPS) is 43.3. The van der Waals surface area contributed by atoms with Crippen molar-refractivity contribution in [2.24, 2.45) is 28.6 Å². The molecule has 0 amide bonds. The fraction of sp³-hybridized carbons (Fsp3) is 0.846. The zero-order valence-corrected chi connectivity index (χ0v) is 22.4. The SMILES string of the molecule is CC1=CC[C@H]2C(=O)[C@@]34O[C@@H](C[C@]3(C)[C@@H](O[Si](C)(C)C(C)(C)C)CC[C@@H]4C(=O)O)[C@@H]1C2(C)C. The Labute approximate surface area is 194 Å². The third-order valence-electron chi connectivity index (χ3n) is 10.2. The zero-order chi connectivity index (χ0) is 24.1. The molecule has 1 spiro atoms. The highest BCUT2D eigenvalue weighted by molar-refractivity contribution is 6.74. The molecule has 2 aliphatic carbocycles. The van der Waals surface area contributed by atoms with E-state index in [0.717, 1.165) is 0 Å². The fourth-order valence-electron chi connectivity index (χ4n) is 7.41. The van der Waals surface area contributed by atoms with Crippen LogP contribution in [0.2, 0.25) is 18.1 Å². The van der Waals surface area contributed by atoms with Crippen LogP contribution in [0.3, 0.4) is 0 Å². The first-order chi connectivity index (χ1) is 14.5. The molecule has 2 saturated heterocycles. The van der Waals surface area contributed by atoms with E-state index < -0.39 is 31.2 Å². The quantitative estimate of drug-likeness (QED) is 0.437. The topological polar surface area (TPSA) is 72.8 Å². The van der Waals surface area contributed by atoms with E-state index in [-0.39, 0.29) is 40.3 Å². The maximum absolute atomic E-state index is 14.5. The van der Waals surface area contributed by atoms with E-state index in [0.29, 0.717) is 25.7 Å². The average Bonchev–Trinajstić information content (AvgIpc) is 2.92. The summed E-state index contributed by atoms with van der Waals surface area (Å²) in [6, 6.07) is 0. The number of fused-ring (bicyclic) bond motifs is 4. The van der Waals surface area contributed by atoms with Gasteiger partial charge in [-0.15, -0.1) is 0 Å². The number of ketones is 1. The smallest absolute Gasteiger partial charge is 0.309 e. The summed E-state index contributed by atoms with van der Waals surface area (Å²) in [6.07, 6.45) is 4.30. The Morgan fingerprint density at radius 2 is 1.84 bits per heavy atom. The Balaban J connectivity index is 1.88. The van der Waals surface area contributed by atoms with Gasteiger partial charge < -0.3 is 14.3 Å². The molecule has 4 aliphatic rings. The number of carboxylic acid groups (broad SMARTS) is 1. The second-order valence-corrected chi connectivity index (χ2v) is 18.0. The molecule has 1 saturated carbocycles. The molecule has 0 aromatic rings. The number of rotatable bonds is 3. The van der Waals surface area contributed by atoms with Crippen LogP contribution in [0.4, 0.5) is 0 Å². The summed E-state index contributed by atoms with van der Waals surface area (Å²) in [5.74, 6) is -1.83. The van der Waals surface area contributed by atoms with Crippen molar-refractivity contribution in [2.75, 3.05) is 0 Å². The summed E-state index contributed by atoms with van der Waals surface area (Å²) in [5.41, 5.74) is -0.931. The number of hydrogen-bond acceptors (Lipinski definition) is 4. The lowest BCUT2D eigenvalue weighted by atomic mass is 9.48. The molecule has 6 heteroatoms. The number of carbonyl (C=O) groups is 2. The summed E-state index contributed by atoms with van der Waals surface area (Å²) in [6.45, 7) is 19.8. The highest BCUT2D eigenvalue weighted by Crippen LogP contribution is 2.67. The van der Waals surface area contributed by atoms with E-state index in [2.05, 4.69) is 67.6 Å². The van der Waals surface area contributed by atoms with Crippen molar-refractivity contribution in [2.45, 2.75) is 110 Å². The Kier molecular flexibility index (Phi) is 5.30. The fourth-order valence-corrected chi connectivity index (χ4v) is 8.85. The molecule has 0 radical (unpaired) electrons. The van der Waals surface area contributed by atoms with Crippen molar-refractivity contribution >= 4 is 20.1 Å². The lowest BCUT2D eigenvalue weighted by Crippen LogP contribution is -2.68. The molecule has 180 valence electrons. The molecule has 7 atom stereocenters. The van der Waals surface area contributed by atoms with Crippen molar-refractivity contribution < 1.29 is 23.9 Å². The maximum Gasteiger partial charge on any atom is 0.309 e. The second kappa shape index (κ2) is 7.02. The van der Waals surface area contributed by atoms with Crippen molar-refractivity contribution in [3.63, 3.8) is 0 Å². The molecule has 32 heavy (non-hydrogen) atoms. The van der Waals surface area contributed by atoms with Crippen molar-refractivity contribution in [3.8, 4) is 0 Å². The van der Waals surface area contributed by atoms with Gasteiger partial charge in [0.1, 0.15) is 5.60 Å². The van der Waals surface area contributed by atoms with Gasteiger partial charge in [-0.05, 0) is 56.2 Å². The Morgan fingerprint density at radius 1 is 1.22 bits per heavy atom. The maximum atomic E-state index is 14.5. The molecule has 2 heterocycles. The average molecular weight is 463 g/mol. The van der Waals surface area contributed by atoms with Gasteiger partial charge in [-0.1, -0.05) is 53.2 Å². The zero-order valence-electron chi connectivity index (χ0n) is 21.4. The molecule has 0 aromatic heterocycles. The number of carboxylic acids is 1. The highest BCUT2D eigenvalue weighted by atomic mass is 28.4. The van der Waals surface area contributed by atoms with E-state index in [1.807, 2.05) is 0 Å². The van der Waals surface area contributed by atoms with Gasteiger partial charge in [0.2, 0.25) is 0 Å². The molecule has 4 bridgehead atoms. The van der Waals surface area contributed by atoms with Crippen molar-refractivity contribution in [3.05, 3.63) is 11.6 Å². The minimum absolute atomic E-state index is 0.00896. The number of ether oxygens (including phenoxy) is 1. The van der Waals surface area contributed by atoms with Crippen molar-refractivity contribution in [1.29, 1.82) is 0 Å². The summed E-state index contributed by atoms with van der Waals surface area (Å²) < 4.78 is 13.8. The summed E-state index contributed by atoms with van der Waals surface area (Å²) in [5, 5.41) is 10.3. The number of aliphatic carboxylic acids is 1. The second-order valence-electron chi connectivity index (χ2n) is 13.2. The van der Waals surface area contributed by atoms with Gasteiger partial charge in [-0.25, -0.2) is 0 Å². The van der Waals surface area contributed by atoms with E-state index in [4.69, 9.17) is 9.16 Å². The van der Waals surface area contributed by atoms with Gasteiger partial charge in [0.25, 0.3) is 0 Å². The summed E-state index contributed by atoms with van der Waals surface area (Å²) in [7, 11) is -2.13. The van der Waals surface area contributed by atoms with E-state index >= 15 is 0 Å². The van der Waals surface area contributed by atoms with Crippen LogP contribution in [-0.4, -0.2) is 43.0 Å². The molecular formula is C26H42O5Si. The van der Waals surface area contributed by atoms with Crippen LogP contribution < -0.4 is 0 Å². The van der Waals surface area contributed by atoms with E-state index in [1.54, 1.807) is 0 Å².